The lowest BCUT2D eigenvalue weighted by Crippen LogP contribution is -2.41. The summed E-state index contributed by atoms with van der Waals surface area (Å²) in [7, 11) is 0. The highest BCUT2D eigenvalue weighted by molar-refractivity contribution is 5.30. The lowest BCUT2D eigenvalue weighted by Gasteiger charge is -2.32. The van der Waals surface area contributed by atoms with Crippen molar-refractivity contribution < 1.29 is 9.15 Å². The number of aryl methyl sites for hydroxylation is 1. The Morgan fingerprint density at radius 1 is 1.16 bits per heavy atom. The van der Waals surface area contributed by atoms with E-state index in [0.717, 1.165) is 38.2 Å². The van der Waals surface area contributed by atoms with Gasteiger partial charge in [-0.1, -0.05) is 43.7 Å². The zero-order valence-electron chi connectivity index (χ0n) is 15.7. The van der Waals surface area contributed by atoms with E-state index in [-0.39, 0.29) is 0 Å². The molecule has 3 atom stereocenters. The molecule has 0 saturated carbocycles. The minimum atomic E-state index is 0.309. The maximum atomic E-state index is 5.88. The van der Waals surface area contributed by atoms with Crippen LogP contribution in [0.15, 0.2) is 47.1 Å². The van der Waals surface area contributed by atoms with Gasteiger partial charge < -0.3 is 14.5 Å². The molecular weight excluding hydrogens is 310 g/mol. The Kier molecular flexibility index (Phi) is 6.33. The first kappa shape index (κ1) is 18.2. The summed E-state index contributed by atoms with van der Waals surface area (Å²) in [4.78, 5) is 0. The molecule has 1 aliphatic heterocycles. The van der Waals surface area contributed by atoms with Crippen LogP contribution in [0.4, 0.5) is 0 Å². The molecule has 0 amide bonds. The van der Waals surface area contributed by atoms with Crippen LogP contribution >= 0.6 is 0 Å². The second-order valence-electron chi connectivity index (χ2n) is 7.60. The van der Waals surface area contributed by atoms with Gasteiger partial charge in [-0.25, -0.2) is 0 Å². The van der Waals surface area contributed by atoms with Gasteiger partial charge >= 0.3 is 0 Å². The van der Waals surface area contributed by atoms with Gasteiger partial charge in [0.25, 0.3) is 0 Å². The zero-order valence-corrected chi connectivity index (χ0v) is 15.7. The summed E-state index contributed by atoms with van der Waals surface area (Å²) in [5.74, 6) is 1.95. The smallest absolute Gasteiger partial charge is 0.111 e. The highest BCUT2D eigenvalue weighted by Crippen LogP contribution is 2.28. The molecule has 0 unspecified atom stereocenters. The van der Waals surface area contributed by atoms with Gasteiger partial charge in [-0.05, 0) is 56.3 Å². The Hall–Kier alpha value is -1.58. The van der Waals surface area contributed by atoms with Crippen LogP contribution < -0.4 is 5.32 Å². The average Bonchev–Trinajstić information content (AvgIpc) is 3.14. The Labute approximate surface area is 151 Å². The molecule has 0 bridgehead atoms. The molecule has 1 fully saturated rings. The average molecular weight is 341 g/mol. The fourth-order valence-electron chi connectivity index (χ4n) is 3.67. The van der Waals surface area contributed by atoms with Crippen molar-refractivity contribution in [3.05, 3.63) is 59.5 Å². The zero-order chi connectivity index (χ0) is 17.6. The van der Waals surface area contributed by atoms with E-state index in [1.54, 1.807) is 6.26 Å². The van der Waals surface area contributed by atoms with E-state index in [4.69, 9.17) is 9.15 Å². The molecule has 3 nitrogen and oxygen atoms in total. The molecule has 0 aliphatic carbocycles. The maximum absolute atomic E-state index is 5.88. The van der Waals surface area contributed by atoms with Crippen LogP contribution in [0.1, 0.15) is 55.9 Å². The molecular formula is C22H31NO2. The highest BCUT2D eigenvalue weighted by atomic mass is 16.5. The van der Waals surface area contributed by atoms with Crippen molar-refractivity contribution in [2.24, 2.45) is 5.92 Å². The van der Waals surface area contributed by atoms with Crippen molar-refractivity contribution >= 4 is 0 Å². The third-order valence-corrected chi connectivity index (χ3v) is 5.29. The summed E-state index contributed by atoms with van der Waals surface area (Å²) in [5.41, 5.74) is 2.62. The number of furan rings is 1. The van der Waals surface area contributed by atoms with E-state index in [0.29, 0.717) is 24.0 Å². The number of hydrogen-bond acceptors (Lipinski definition) is 3. The number of nitrogens with one attached hydrogen (secondary N) is 1. The van der Waals surface area contributed by atoms with Gasteiger partial charge in [-0.3, -0.25) is 0 Å². The maximum Gasteiger partial charge on any atom is 0.111 e. The fraction of sp³-hybridized carbons (Fsp3) is 0.545. The topological polar surface area (TPSA) is 34.4 Å². The van der Waals surface area contributed by atoms with Crippen molar-refractivity contribution in [2.45, 2.75) is 58.1 Å². The van der Waals surface area contributed by atoms with Crippen molar-refractivity contribution in [3.63, 3.8) is 0 Å². The summed E-state index contributed by atoms with van der Waals surface area (Å²) in [6.45, 7) is 8.49. The van der Waals surface area contributed by atoms with Crippen LogP contribution in [-0.2, 0) is 4.74 Å². The van der Waals surface area contributed by atoms with Crippen LogP contribution in [0.3, 0.4) is 0 Å². The van der Waals surface area contributed by atoms with Gasteiger partial charge in [-0.2, -0.15) is 0 Å². The van der Waals surface area contributed by atoms with Gasteiger partial charge in [0.2, 0.25) is 0 Å². The molecule has 0 spiro atoms. The quantitative estimate of drug-likeness (QED) is 0.777. The molecule has 2 heterocycles. The second kappa shape index (κ2) is 8.68. The van der Waals surface area contributed by atoms with Crippen LogP contribution in [0, 0.1) is 12.8 Å². The molecule has 0 radical (unpaired) electrons. The molecule has 25 heavy (non-hydrogen) atoms. The van der Waals surface area contributed by atoms with Gasteiger partial charge in [0.15, 0.2) is 0 Å². The van der Waals surface area contributed by atoms with Crippen molar-refractivity contribution in [3.8, 4) is 0 Å². The van der Waals surface area contributed by atoms with E-state index >= 15 is 0 Å². The minimum Gasteiger partial charge on any atom is -0.469 e. The molecule has 1 N–H and O–H groups in total. The van der Waals surface area contributed by atoms with E-state index in [9.17, 15) is 0 Å². The van der Waals surface area contributed by atoms with E-state index < -0.39 is 0 Å². The molecule has 1 aromatic carbocycles. The molecule has 3 rings (SSSR count). The summed E-state index contributed by atoms with van der Waals surface area (Å²) in [5, 5.41) is 3.76. The molecule has 136 valence electrons. The van der Waals surface area contributed by atoms with E-state index in [2.05, 4.69) is 56.4 Å². The second-order valence-corrected chi connectivity index (χ2v) is 7.60. The van der Waals surface area contributed by atoms with E-state index in [1.165, 1.54) is 11.1 Å². The predicted molar refractivity (Wildman–Crippen MR) is 102 cm³/mol. The van der Waals surface area contributed by atoms with Crippen LogP contribution in [-0.4, -0.2) is 25.3 Å². The Morgan fingerprint density at radius 2 is 1.96 bits per heavy atom. The first-order valence-electron chi connectivity index (χ1n) is 9.58. The first-order valence-corrected chi connectivity index (χ1v) is 9.58. The third kappa shape index (κ3) is 4.96. The molecule has 2 aromatic rings. The minimum absolute atomic E-state index is 0.309. The molecule has 1 aromatic heterocycles. The standard InChI is InChI=1S/C22H31NO2/c1-16(2)22-15-19(11-14-25-22)23-12-10-20(21-5-4-13-24-21)18-8-6-17(3)7-9-18/h4-9,13,16,19-20,22-23H,10-12,14-15H2,1-3H3/t19-,20-,22-/m0/s1. The monoisotopic (exact) mass is 341 g/mol. The lowest BCUT2D eigenvalue weighted by molar-refractivity contribution is -0.0243. The van der Waals surface area contributed by atoms with Crippen LogP contribution in [0.2, 0.25) is 0 Å². The van der Waals surface area contributed by atoms with Crippen LogP contribution in [0.5, 0.6) is 0 Å². The number of hydrogen-bond donors (Lipinski definition) is 1. The first-order chi connectivity index (χ1) is 12.1. The third-order valence-electron chi connectivity index (χ3n) is 5.29. The summed E-state index contributed by atoms with van der Waals surface area (Å²) in [6.07, 6.45) is 5.44. The fourth-order valence-corrected chi connectivity index (χ4v) is 3.67. The molecule has 1 aliphatic rings. The summed E-state index contributed by atoms with van der Waals surface area (Å²) >= 11 is 0. The van der Waals surface area contributed by atoms with Crippen molar-refractivity contribution in [1.29, 1.82) is 0 Å². The molecule has 1 saturated heterocycles. The Balaban J connectivity index is 1.59. The highest BCUT2D eigenvalue weighted by Gasteiger charge is 2.25. The number of rotatable bonds is 7. The van der Waals surface area contributed by atoms with Gasteiger partial charge in [0.05, 0.1) is 12.4 Å². The Morgan fingerprint density at radius 3 is 2.64 bits per heavy atom. The van der Waals surface area contributed by atoms with Gasteiger partial charge in [-0.15, -0.1) is 0 Å². The van der Waals surface area contributed by atoms with Crippen molar-refractivity contribution in [1.82, 2.24) is 5.32 Å². The normalized spacial score (nSPS) is 22.2. The summed E-state index contributed by atoms with van der Waals surface area (Å²) in [6, 6.07) is 13.5. The largest absolute Gasteiger partial charge is 0.469 e. The Bertz CT molecular complexity index is 618. The van der Waals surface area contributed by atoms with E-state index in [1.807, 2.05) is 6.07 Å². The van der Waals surface area contributed by atoms with Gasteiger partial charge in [0.1, 0.15) is 5.76 Å². The van der Waals surface area contributed by atoms with Crippen molar-refractivity contribution in [2.75, 3.05) is 13.2 Å². The molecule has 3 heteroatoms. The number of ether oxygens (including phenoxy) is 1. The lowest BCUT2D eigenvalue weighted by atomic mass is 9.91. The van der Waals surface area contributed by atoms with Gasteiger partial charge in [0, 0.05) is 18.6 Å². The summed E-state index contributed by atoms with van der Waals surface area (Å²) < 4.78 is 11.6. The number of benzene rings is 1. The van der Waals surface area contributed by atoms with Crippen LogP contribution in [0.25, 0.3) is 0 Å². The SMILES string of the molecule is Cc1ccc([C@H](CCN[C@H]2CCO[C@H](C(C)C)C2)c2ccco2)cc1. The predicted octanol–water partition coefficient (Wildman–Crippen LogP) is 4.90.